The largest absolute Gasteiger partial charge is 0.292 e. The minimum absolute atomic E-state index is 0.192. The van der Waals surface area contributed by atoms with Gasteiger partial charge in [0.1, 0.15) is 5.69 Å². The maximum Gasteiger partial charge on any atom is 0.180 e. The van der Waals surface area contributed by atoms with Gasteiger partial charge in [-0.05, 0) is 12.5 Å². The highest BCUT2D eigenvalue weighted by atomic mass is 16.1. The fourth-order valence-corrected chi connectivity index (χ4v) is 1.11. The Kier molecular flexibility index (Phi) is 3.02. The van der Waals surface area contributed by atoms with Crippen LogP contribution in [0, 0.1) is 0 Å². The average molecular weight is 166 g/mol. The van der Waals surface area contributed by atoms with E-state index < -0.39 is 0 Å². The summed E-state index contributed by atoms with van der Waals surface area (Å²) in [6.45, 7) is 2.08. The van der Waals surface area contributed by atoms with Crippen LogP contribution in [0.4, 0.5) is 0 Å². The zero-order valence-electron chi connectivity index (χ0n) is 7.58. The monoisotopic (exact) mass is 166 g/mol. The van der Waals surface area contributed by atoms with E-state index in [9.17, 15) is 4.79 Å². The number of aromatic nitrogens is 2. The Morgan fingerprint density at radius 1 is 1.67 bits per heavy atom. The van der Waals surface area contributed by atoms with Crippen LogP contribution < -0.4 is 0 Å². The van der Waals surface area contributed by atoms with Gasteiger partial charge < -0.3 is 0 Å². The van der Waals surface area contributed by atoms with Gasteiger partial charge in [-0.2, -0.15) is 5.10 Å². The molecule has 0 aliphatic carbocycles. The first-order valence-electron chi connectivity index (χ1n) is 4.27. The van der Waals surface area contributed by atoms with Crippen molar-refractivity contribution in [3.63, 3.8) is 0 Å². The molecule has 0 unspecified atom stereocenters. The molecule has 0 spiro atoms. The van der Waals surface area contributed by atoms with Crippen LogP contribution in [0.2, 0.25) is 0 Å². The third-order valence-corrected chi connectivity index (χ3v) is 1.86. The van der Waals surface area contributed by atoms with E-state index in [1.165, 1.54) is 0 Å². The molecule has 1 aromatic rings. The van der Waals surface area contributed by atoms with Crippen LogP contribution in [-0.2, 0) is 7.05 Å². The molecule has 0 N–H and O–H groups in total. The Morgan fingerprint density at radius 3 is 2.92 bits per heavy atom. The topological polar surface area (TPSA) is 34.9 Å². The van der Waals surface area contributed by atoms with Gasteiger partial charge in [0.2, 0.25) is 0 Å². The first-order valence-corrected chi connectivity index (χ1v) is 4.27. The van der Waals surface area contributed by atoms with Crippen molar-refractivity contribution in [1.82, 2.24) is 9.78 Å². The Morgan fingerprint density at radius 2 is 2.42 bits per heavy atom. The smallest absolute Gasteiger partial charge is 0.180 e. The van der Waals surface area contributed by atoms with Crippen molar-refractivity contribution in [2.24, 2.45) is 7.05 Å². The van der Waals surface area contributed by atoms with Crippen molar-refractivity contribution < 1.29 is 4.79 Å². The molecule has 0 radical (unpaired) electrons. The van der Waals surface area contributed by atoms with Crippen molar-refractivity contribution in [2.75, 3.05) is 0 Å². The van der Waals surface area contributed by atoms with Gasteiger partial charge in [0.15, 0.2) is 5.78 Å². The number of rotatable bonds is 4. The molecule has 1 rings (SSSR count). The summed E-state index contributed by atoms with van der Waals surface area (Å²) in [6.07, 6.45) is 4.31. The number of nitrogens with zero attached hydrogens (tertiary/aromatic N) is 2. The van der Waals surface area contributed by atoms with Crippen LogP contribution in [0.25, 0.3) is 0 Å². The molecule has 12 heavy (non-hydrogen) atoms. The fourth-order valence-electron chi connectivity index (χ4n) is 1.11. The second kappa shape index (κ2) is 4.04. The number of unbranched alkanes of at least 4 members (excludes halogenated alkanes) is 1. The van der Waals surface area contributed by atoms with E-state index in [0.29, 0.717) is 12.1 Å². The zero-order valence-corrected chi connectivity index (χ0v) is 7.58. The first-order chi connectivity index (χ1) is 5.75. The minimum atomic E-state index is 0.192. The average Bonchev–Trinajstić information content (AvgIpc) is 2.47. The van der Waals surface area contributed by atoms with E-state index in [4.69, 9.17) is 0 Å². The summed E-state index contributed by atoms with van der Waals surface area (Å²) in [6, 6.07) is 1.76. The molecule has 0 amide bonds. The second-order valence-corrected chi connectivity index (χ2v) is 2.87. The van der Waals surface area contributed by atoms with Crippen molar-refractivity contribution in [1.29, 1.82) is 0 Å². The molecule has 0 saturated heterocycles. The summed E-state index contributed by atoms with van der Waals surface area (Å²) >= 11 is 0. The van der Waals surface area contributed by atoms with E-state index in [1.54, 1.807) is 24.0 Å². The lowest BCUT2D eigenvalue weighted by Gasteiger charge is -1.98. The van der Waals surface area contributed by atoms with Gasteiger partial charge in [-0.25, -0.2) is 0 Å². The summed E-state index contributed by atoms with van der Waals surface area (Å²) in [4.78, 5) is 11.4. The van der Waals surface area contributed by atoms with E-state index >= 15 is 0 Å². The predicted molar refractivity (Wildman–Crippen MR) is 47.1 cm³/mol. The fraction of sp³-hybridized carbons (Fsp3) is 0.556. The lowest BCUT2D eigenvalue weighted by Crippen LogP contribution is -2.06. The summed E-state index contributed by atoms with van der Waals surface area (Å²) in [5.74, 6) is 0.192. The van der Waals surface area contributed by atoms with E-state index in [1.807, 2.05) is 0 Å². The first kappa shape index (κ1) is 8.97. The Balaban J connectivity index is 2.59. The highest BCUT2D eigenvalue weighted by molar-refractivity contribution is 5.94. The molecular formula is C9H14N2O. The van der Waals surface area contributed by atoms with E-state index in [2.05, 4.69) is 12.0 Å². The van der Waals surface area contributed by atoms with Gasteiger partial charge in [-0.15, -0.1) is 0 Å². The van der Waals surface area contributed by atoms with Crippen LogP contribution >= 0.6 is 0 Å². The van der Waals surface area contributed by atoms with Gasteiger partial charge >= 0.3 is 0 Å². The van der Waals surface area contributed by atoms with Crippen molar-refractivity contribution in [3.8, 4) is 0 Å². The van der Waals surface area contributed by atoms with E-state index in [-0.39, 0.29) is 5.78 Å². The molecule has 66 valence electrons. The quantitative estimate of drug-likeness (QED) is 0.639. The van der Waals surface area contributed by atoms with Crippen molar-refractivity contribution in [2.45, 2.75) is 26.2 Å². The van der Waals surface area contributed by atoms with Crippen LogP contribution in [0.3, 0.4) is 0 Å². The molecule has 0 saturated carbocycles. The van der Waals surface area contributed by atoms with Gasteiger partial charge in [-0.1, -0.05) is 13.3 Å². The van der Waals surface area contributed by atoms with Gasteiger partial charge in [0.05, 0.1) is 0 Å². The van der Waals surface area contributed by atoms with Gasteiger partial charge in [0.25, 0.3) is 0 Å². The highest BCUT2D eigenvalue weighted by Crippen LogP contribution is 2.04. The number of Topliss-reactive ketones (excluding diaryl/α,β-unsaturated/α-hetero) is 1. The molecule has 0 atom stereocenters. The summed E-state index contributed by atoms with van der Waals surface area (Å²) in [5.41, 5.74) is 0.712. The molecule has 1 aromatic heterocycles. The van der Waals surface area contributed by atoms with Gasteiger partial charge in [-0.3, -0.25) is 9.48 Å². The Labute approximate surface area is 72.4 Å². The Bertz CT molecular complexity index is 265. The molecule has 0 aliphatic rings. The molecule has 0 fully saturated rings. The normalized spacial score (nSPS) is 10.2. The number of carbonyl (C=O) groups is 1. The number of hydrogen-bond acceptors (Lipinski definition) is 2. The van der Waals surface area contributed by atoms with Gasteiger partial charge in [0, 0.05) is 19.7 Å². The zero-order chi connectivity index (χ0) is 8.97. The minimum Gasteiger partial charge on any atom is -0.292 e. The van der Waals surface area contributed by atoms with Crippen LogP contribution in [0.5, 0.6) is 0 Å². The second-order valence-electron chi connectivity index (χ2n) is 2.87. The molecular weight excluding hydrogens is 152 g/mol. The van der Waals surface area contributed by atoms with Crippen LogP contribution in [0.1, 0.15) is 36.7 Å². The lowest BCUT2D eigenvalue weighted by molar-refractivity contribution is 0.0970. The van der Waals surface area contributed by atoms with Crippen molar-refractivity contribution in [3.05, 3.63) is 18.0 Å². The molecule has 0 aliphatic heterocycles. The molecule has 1 heterocycles. The Hall–Kier alpha value is -1.12. The summed E-state index contributed by atoms with van der Waals surface area (Å²) in [5, 5.41) is 3.94. The summed E-state index contributed by atoms with van der Waals surface area (Å²) in [7, 11) is 1.79. The molecule has 3 heteroatoms. The number of hydrogen-bond donors (Lipinski definition) is 0. The SMILES string of the molecule is CCCCC(=O)c1ccnn1C. The molecule has 0 aromatic carbocycles. The van der Waals surface area contributed by atoms with Crippen LogP contribution in [-0.4, -0.2) is 15.6 Å². The molecule has 3 nitrogen and oxygen atoms in total. The molecule has 0 bridgehead atoms. The third-order valence-electron chi connectivity index (χ3n) is 1.86. The number of ketones is 1. The number of aryl methyl sites for hydroxylation is 1. The highest BCUT2D eigenvalue weighted by Gasteiger charge is 2.07. The predicted octanol–water partition coefficient (Wildman–Crippen LogP) is 1.79. The standard InChI is InChI=1S/C9H14N2O/c1-3-4-5-9(12)8-6-7-10-11(8)2/h6-7H,3-5H2,1-2H3. The maximum atomic E-state index is 11.4. The third kappa shape index (κ3) is 1.94. The van der Waals surface area contributed by atoms with E-state index in [0.717, 1.165) is 12.8 Å². The van der Waals surface area contributed by atoms with Crippen molar-refractivity contribution >= 4 is 5.78 Å². The number of carbonyl (C=O) groups excluding carboxylic acids is 1. The van der Waals surface area contributed by atoms with Crippen LogP contribution in [0.15, 0.2) is 12.3 Å². The lowest BCUT2D eigenvalue weighted by atomic mass is 10.1. The maximum absolute atomic E-state index is 11.4. The summed E-state index contributed by atoms with van der Waals surface area (Å²) < 4.78 is 1.62.